The van der Waals surface area contributed by atoms with Crippen molar-refractivity contribution in [3.05, 3.63) is 23.8 Å². The summed E-state index contributed by atoms with van der Waals surface area (Å²) in [6, 6.07) is 6.04. The first-order valence-corrected chi connectivity index (χ1v) is 5.99. The minimum atomic E-state index is -0.0380. The largest absolute Gasteiger partial charge is 0.496 e. The van der Waals surface area contributed by atoms with Crippen molar-refractivity contribution in [3.8, 4) is 5.75 Å². The second-order valence-corrected chi connectivity index (χ2v) is 4.28. The van der Waals surface area contributed by atoms with E-state index in [4.69, 9.17) is 15.2 Å². The Morgan fingerprint density at radius 3 is 2.65 bits per heavy atom. The van der Waals surface area contributed by atoms with Crippen LogP contribution in [0.15, 0.2) is 18.2 Å². The fraction of sp³-hybridized carbons (Fsp3) is 0.538. The average Bonchev–Trinajstić information content (AvgIpc) is 2.38. The van der Waals surface area contributed by atoms with Crippen LogP contribution in [-0.2, 0) is 4.74 Å². The summed E-state index contributed by atoms with van der Waals surface area (Å²) in [6.07, 6.45) is 0. The van der Waals surface area contributed by atoms with Crippen LogP contribution in [0.25, 0.3) is 0 Å². The van der Waals surface area contributed by atoms with E-state index in [1.807, 2.05) is 19.1 Å². The molecule has 0 spiro atoms. The number of hydrogen-bond acceptors (Lipinski definition) is 4. The van der Waals surface area contributed by atoms with E-state index >= 15 is 0 Å². The van der Waals surface area contributed by atoms with E-state index in [2.05, 4.69) is 11.0 Å². The third-order valence-corrected chi connectivity index (χ3v) is 3.07. The minimum Gasteiger partial charge on any atom is -0.496 e. The normalized spacial score (nSPS) is 17.9. The zero-order chi connectivity index (χ0) is 12.3. The maximum atomic E-state index is 6.06. The SMILES string of the molecule is COc1cccc(N2CCOCC2)c1C(C)N. The molecule has 0 aromatic heterocycles. The zero-order valence-electron chi connectivity index (χ0n) is 10.5. The van der Waals surface area contributed by atoms with Crippen molar-refractivity contribution in [1.82, 2.24) is 0 Å². The van der Waals surface area contributed by atoms with E-state index in [9.17, 15) is 0 Å². The molecule has 94 valence electrons. The molecule has 1 aliphatic heterocycles. The van der Waals surface area contributed by atoms with Gasteiger partial charge in [0, 0.05) is 30.4 Å². The zero-order valence-corrected chi connectivity index (χ0v) is 10.5. The topological polar surface area (TPSA) is 47.7 Å². The summed E-state index contributed by atoms with van der Waals surface area (Å²) in [7, 11) is 1.68. The molecule has 4 heteroatoms. The van der Waals surface area contributed by atoms with E-state index in [0.717, 1.165) is 37.6 Å². The predicted molar refractivity (Wildman–Crippen MR) is 68.6 cm³/mol. The Morgan fingerprint density at radius 1 is 1.35 bits per heavy atom. The van der Waals surface area contributed by atoms with Gasteiger partial charge in [-0.15, -0.1) is 0 Å². The van der Waals surface area contributed by atoms with Crippen LogP contribution in [0.4, 0.5) is 5.69 Å². The van der Waals surface area contributed by atoms with Gasteiger partial charge in [-0.2, -0.15) is 0 Å². The Hall–Kier alpha value is -1.26. The first-order chi connectivity index (χ1) is 8.24. The van der Waals surface area contributed by atoms with Crippen molar-refractivity contribution in [3.63, 3.8) is 0 Å². The molecule has 0 radical (unpaired) electrons. The van der Waals surface area contributed by atoms with E-state index < -0.39 is 0 Å². The molecule has 1 aliphatic rings. The van der Waals surface area contributed by atoms with Gasteiger partial charge < -0.3 is 20.1 Å². The summed E-state index contributed by atoms with van der Waals surface area (Å²) in [4.78, 5) is 2.31. The molecule has 0 amide bonds. The van der Waals surface area contributed by atoms with Crippen LogP contribution in [0.1, 0.15) is 18.5 Å². The number of morpholine rings is 1. The maximum absolute atomic E-state index is 6.06. The second-order valence-electron chi connectivity index (χ2n) is 4.28. The van der Waals surface area contributed by atoms with Crippen LogP contribution in [0.2, 0.25) is 0 Å². The van der Waals surface area contributed by atoms with E-state index in [1.165, 1.54) is 5.69 Å². The van der Waals surface area contributed by atoms with Crippen molar-refractivity contribution >= 4 is 5.69 Å². The summed E-state index contributed by atoms with van der Waals surface area (Å²) in [5.41, 5.74) is 8.31. The molecular formula is C13H20N2O2. The molecule has 0 aliphatic carbocycles. The molecule has 4 nitrogen and oxygen atoms in total. The molecule has 1 unspecified atom stereocenters. The van der Waals surface area contributed by atoms with Crippen molar-refractivity contribution in [2.24, 2.45) is 5.73 Å². The predicted octanol–water partition coefficient (Wildman–Crippen LogP) is 1.55. The van der Waals surface area contributed by atoms with Gasteiger partial charge in [0.25, 0.3) is 0 Å². The molecule has 1 heterocycles. The van der Waals surface area contributed by atoms with E-state index in [-0.39, 0.29) is 6.04 Å². The van der Waals surface area contributed by atoms with Gasteiger partial charge in [0.2, 0.25) is 0 Å². The lowest BCUT2D eigenvalue weighted by Gasteiger charge is -2.32. The Labute approximate surface area is 102 Å². The lowest BCUT2D eigenvalue weighted by molar-refractivity contribution is 0.122. The van der Waals surface area contributed by atoms with Gasteiger partial charge in [-0.3, -0.25) is 0 Å². The lowest BCUT2D eigenvalue weighted by atomic mass is 10.0. The molecule has 1 fully saturated rings. The van der Waals surface area contributed by atoms with Gasteiger partial charge in [0.05, 0.1) is 20.3 Å². The van der Waals surface area contributed by atoms with Crippen molar-refractivity contribution in [1.29, 1.82) is 0 Å². The number of ether oxygens (including phenoxy) is 2. The van der Waals surface area contributed by atoms with Gasteiger partial charge in [-0.05, 0) is 19.1 Å². The molecule has 1 saturated heterocycles. The molecular weight excluding hydrogens is 216 g/mol. The molecule has 0 bridgehead atoms. The van der Waals surface area contributed by atoms with E-state index in [0.29, 0.717) is 0 Å². The van der Waals surface area contributed by atoms with Crippen LogP contribution in [0.3, 0.4) is 0 Å². The van der Waals surface area contributed by atoms with Gasteiger partial charge in [0.1, 0.15) is 5.75 Å². The highest BCUT2D eigenvalue weighted by atomic mass is 16.5. The highest BCUT2D eigenvalue weighted by molar-refractivity contribution is 5.61. The van der Waals surface area contributed by atoms with Crippen LogP contribution < -0.4 is 15.4 Å². The number of hydrogen-bond donors (Lipinski definition) is 1. The summed E-state index contributed by atoms with van der Waals surface area (Å²) in [5.74, 6) is 0.865. The highest BCUT2D eigenvalue weighted by Crippen LogP contribution is 2.33. The monoisotopic (exact) mass is 236 g/mol. The number of benzene rings is 1. The van der Waals surface area contributed by atoms with Crippen LogP contribution in [-0.4, -0.2) is 33.4 Å². The van der Waals surface area contributed by atoms with Crippen molar-refractivity contribution in [2.45, 2.75) is 13.0 Å². The third-order valence-electron chi connectivity index (χ3n) is 3.07. The molecule has 1 atom stereocenters. The second kappa shape index (κ2) is 5.38. The van der Waals surface area contributed by atoms with Gasteiger partial charge in [-0.25, -0.2) is 0 Å². The average molecular weight is 236 g/mol. The number of rotatable bonds is 3. The van der Waals surface area contributed by atoms with Gasteiger partial charge in [0.15, 0.2) is 0 Å². The Balaban J connectivity index is 2.37. The Morgan fingerprint density at radius 2 is 2.06 bits per heavy atom. The maximum Gasteiger partial charge on any atom is 0.125 e. The number of anilines is 1. The molecule has 1 aromatic carbocycles. The van der Waals surface area contributed by atoms with Crippen molar-refractivity contribution in [2.75, 3.05) is 38.3 Å². The quantitative estimate of drug-likeness (QED) is 0.865. The lowest BCUT2D eigenvalue weighted by Crippen LogP contribution is -2.37. The molecule has 0 saturated carbocycles. The highest BCUT2D eigenvalue weighted by Gasteiger charge is 2.19. The molecule has 1 aromatic rings. The Kier molecular flexibility index (Phi) is 3.86. The first kappa shape index (κ1) is 12.2. The van der Waals surface area contributed by atoms with Crippen molar-refractivity contribution < 1.29 is 9.47 Å². The summed E-state index contributed by atoms with van der Waals surface area (Å²) < 4.78 is 10.8. The van der Waals surface area contributed by atoms with Crippen LogP contribution in [0.5, 0.6) is 5.75 Å². The number of methoxy groups -OCH3 is 1. The third kappa shape index (κ3) is 2.53. The Bertz CT molecular complexity index is 374. The van der Waals surface area contributed by atoms with Crippen LogP contribution in [0, 0.1) is 0 Å². The van der Waals surface area contributed by atoms with E-state index in [1.54, 1.807) is 7.11 Å². The number of nitrogens with zero attached hydrogens (tertiary/aromatic N) is 1. The first-order valence-electron chi connectivity index (χ1n) is 5.99. The summed E-state index contributed by atoms with van der Waals surface area (Å²) in [5, 5.41) is 0. The summed E-state index contributed by atoms with van der Waals surface area (Å²) >= 11 is 0. The summed E-state index contributed by atoms with van der Waals surface area (Å²) in [6.45, 7) is 5.35. The standard InChI is InChI=1S/C13H20N2O2/c1-10(14)13-11(4-3-5-12(13)16-2)15-6-8-17-9-7-15/h3-5,10H,6-9,14H2,1-2H3. The fourth-order valence-electron chi connectivity index (χ4n) is 2.25. The number of nitrogens with two attached hydrogens (primary N) is 1. The fourth-order valence-corrected chi connectivity index (χ4v) is 2.25. The van der Waals surface area contributed by atoms with Crippen LogP contribution >= 0.6 is 0 Å². The molecule has 2 rings (SSSR count). The minimum absolute atomic E-state index is 0.0380. The molecule has 2 N–H and O–H groups in total. The smallest absolute Gasteiger partial charge is 0.125 e. The van der Waals surface area contributed by atoms with Gasteiger partial charge >= 0.3 is 0 Å². The molecule has 17 heavy (non-hydrogen) atoms. The van der Waals surface area contributed by atoms with Gasteiger partial charge in [-0.1, -0.05) is 6.07 Å².